The minimum atomic E-state index is -0.193. The zero-order chi connectivity index (χ0) is 17.8. The van der Waals surface area contributed by atoms with Gasteiger partial charge >= 0.3 is 0 Å². The summed E-state index contributed by atoms with van der Waals surface area (Å²) < 4.78 is 5.31. The van der Waals surface area contributed by atoms with Crippen LogP contribution in [0.3, 0.4) is 0 Å². The van der Waals surface area contributed by atoms with Crippen molar-refractivity contribution in [2.45, 2.75) is 38.9 Å². The topological polar surface area (TPSA) is 46.6 Å². The Morgan fingerprint density at radius 2 is 1.57 bits per heavy atom. The summed E-state index contributed by atoms with van der Waals surface area (Å²) in [6.45, 7) is 14.4. The van der Waals surface area contributed by atoms with Crippen LogP contribution in [0.25, 0.3) is 0 Å². The average molecular weight is 386 g/mol. The van der Waals surface area contributed by atoms with E-state index in [-0.39, 0.29) is 35.5 Å². The first kappa shape index (κ1) is 19.9. The maximum absolute atomic E-state index is 12.3. The second-order valence-corrected chi connectivity index (χ2v) is 9.47. The SMILES string of the molecule is C=COCCN1C(=O)C2C(C)C=CC(C)C2C1=O.CC(C)(C)Br. The Morgan fingerprint density at radius 1 is 1.17 bits per heavy atom. The van der Waals surface area contributed by atoms with Crippen LogP contribution in [-0.4, -0.2) is 34.2 Å². The van der Waals surface area contributed by atoms with Gasteiger partial charge in [-0.3, -0.25) is 14.5 Å². The molecule has 0 bridgehead atoms. The fraction of sp³-hybridized carbons (Fsp3) is 0.667. The molecule has 4 atom stereocenters. The maximum Gasteiger partial charge on any atom is 0.233 e. The van der Waals surface area contributed by atoms with E-state index >= 15 is 0 Å². The van der Waals surface area contributed by atoms with E-state index in [1.54, 1.807) is 0 Å². The number of amides is 2. The summed E-state index contributed by atoms with van der Waals surface area (Å²) in [5, 5.41) is 0. The van der Waals surface area contributed by atoms with Crippen molar-refractivity contribution in [3.63, 3.8) is 0 Å². The number of nitrogens with zero attached hydrogens (tertiary/aromatic N) is 1. The predicted molar refractivity (Wildman–Crippen MR) is 96.0 cm³/mol. The molecule has 0 aromatic carbocycles. The quantitative estimate of drug-likeness (QED) is 0.243. The van der Waals surface area contributed by atoms with Crippen LogP contribution >= 0.6 is 15.9 Å². The molecule has 1 fully saturated rings. The number of likely N-dealkylation sites (tertiary alicyclic amines) is 1. The van der Waals surface area contributed by atoms with Crippen LogP contribution in [-0.2, 0) is 14.3 Å². The van der Waals surface area contributed by atoms with Gasteiger partial charge in [0.05, 0.1) is 24.6 Å². The zero-order valence-electron chi connectivity index (χ0n) is 14.7. The van der Waals surface area contributed by atoms with Crippen molar-refractivity contribution in [1.82, 2.24) is 4.90 Å². The van der Waals surface area contributed by atoms with Crippen LogP contribution in [0.1, 0.15) is 34.6 Å². The summed E-state index contributed by atoms with van der Waals surface area (Å²) in [5.41, 5.74) is 0. The highest BCUT2D eigenvalue weighted by atomic mass is 79.9. The van der Waals surface area contributed by atoms with Gasteiger partial charge in [-0.05, 0) is 11.8 Å². The summed E-state index contributed by atoms with van der Waals surface area (Å²) in [7, 11) is 0. The minimum Gasteiger partial charge on any atom is -0.500 e. The molecule has 23 heavy (non-hydrogen) atoms. The largest absolute Gasteiger partial charge is 0.500 e. The molecule has 130 valence electrons. The van der Waals surface area contributed by atoms with Crippen LogP contribution in [0.5, 0.6) is 0 Å². The first-order chi connectivity index (χ1) is 10.6. The summed E-state index contributed by atoms with van der Waals surface area (Å²) in [5.74, 6) is -0.230. The molecule has 0 spiro atoms. The number of allylic oxidation sites excluding steroid dienone is 2. The van der Waals surface area contributed by atoms with Gasteiger partial charge in [0, 0.05) is 4.32 Å². The Morgan fingerprint density at radius 3 is 1.91 bits per heavy atom. The van der Waals surface area contributed by atoms with Crippen molar-refractivity contribution in [3.8, 4) is 0 Å². The first-order valence-electron chi connectivity index (χ1n) is 8.03. The number of hydrogen-bond acceptors (Lipinski definition) is 3. The van der Waals surface area contributed by atoms with Crippen molar-refractivity contribution < 1.29 is 14.3 Å². The van der Waals surface area contributed by atoms with E-state index < -0.39 is 0 Å². The Bertz CT molecular complexity index is 445. The van der Waals surface area contributed by atoms with Gasteiger partial charge in [-0.1, -0.05) is 69.3 Å². The molecular weight excluding hydrogens is 358 g/mol. The van der Waals surface area contributed by atoms with E-state index in [0.717, 1.165) is 0 Å². The standard InChI is InChI=1S/C14H19NO3.C4H9Br/c1-4-18-8-7-15-13(16)11-9(2)5-6-10(3)12(11)14(15)17;1-4(2,3)5/h4-6,9-12H,1,7-8H2,2-3H3;1-3H3. The smallest absolute Gasteiger partial charge is 0.233 e. The van der Waals surface area contributed by atoms with E-state index in [4.69, 9.17) is 4.74 Å². The van der Waals surface area contributed by atoms with E-state index in [9.17, 15) is 9.59 Å². The number of fused-ring (bicyclic) bond motifs is 1. The van der Waals surface area contributed by atoms with E-state index in [0.29, 0.717) is 17.5 Å². The number of carbonyl (C=O) groups excluding carboxylic acids is 2. The molecule has 2 aliphatic rings. The summed E-state index contributed by atoms with van der Waals surface area (Å²) in [6.07, 6.45) is 5.41. The molecule has 1 aliphatic heterocycles. The van der Waals surface area contributed by atoms with Crippen molar-refractivity contribution >= 4 is 27.7 Å². The Labute approximate surface area is 148 Å². The molecule has 0 aromatic heterocycles. The molecule has 5 heteroatoms. The van der Waals surface area contributed by atoms with Crippen LogP contribution in [0.4, 0.5) is 0 Å². The van der Waals surface area contributed by atoms with E-state index in [1.807, 2.05) is 26.0 Å². The molecule has 4 nitrogen and oxygen atoms in total. The molecular formula is C18H28BrNO3. The lowest BCUT2D eigenvalue weighted by atomic mass is 9.73. The molecule has 0 saturated carbocycles. The van der Waals surface area contributed by atoms with Crippen LogP contribution in [0, 0.1) is 23.7 Å². The molecule has 0 aromatic rings. The third-order valence-electron chi connectivity index (χ3n) is 3.89. The van der Waals surface area contributed by atoms with Crippen LogP contribution < -0.4 is 0 Å². The normalized spacial score (nSPS) is 29.7. The monoisotopic (exact) mass is 385 g/mol. The van der Waals surface area contributed by atoms with Crippen LogP contribution in [0.2, 0.25) is 0 Å². The number of halogens is 1. The van der Waals surface area contributed by atoms with Crippen molar-refractivity contribution in [3.05, 3.63) is 25.0 Å². The Hall–Kier alpha value is -1.10. The summed E-state index contributed by atoms with van der Waals surface area (Å²) in [6, 6.07) is 0. The number of ether oxygens (including phenoxy) is 1. The van der Waals surface area contributed by atoms with Gasteiger partial charge in [0.15, 0.2) is 0 Å². The third-order valence-corrected chi connectivity index (χ3v) is 3.89. The number of alkyl halides is 1. The van der Waals surface area contributed by atoms with Gasteiger partial charge in [-0.2, -0.15) is 0 Å². The lowest BCUT2D eigenvalue weighted by molar-refractivity contribution is -0.140. The fourth-order valence-electron chi connectivity index (χ4n) is 2.92. The van der Waals surface area contributed by atoms with Gasteiger partial charge in [0.2, 0.25) is 11.8 Å². The zero-order valence-corrected chi connectivity index (χ0v) is 16.3. The summed E-state index contributed by atoms with van der Waals surface area (Å²) in [4.78, 5) is 25.9. The molecule has 1 aliphatic carbocycles. The van der Waals surface area contributed by atoms with Crippen molar-refractivity contribution in [1.29, 1.82) is 0 Å². The molecule has 0 N–H and O–H groups in total. The van der Waals surface area contributed by atoms with Crippen molar-refractivity contribution in [2.24, 2.45) is 23.7 Å². The molecule has 4 unspecified atom stereocenters. The highest BCUT2D eigenvalue weighted by molar-refractivity contribution is 9.10. The lowest BCUT2D eigenvalue weighted by Gasteiger charge is -2.27. The first-order valence-corrected chi connectivity index (χ1v) is 8.82. The molecule has 0 radical (unpaired) electrons. The Balaban J connectivity index is 0.000000463. The van der Waals surface area contributed by atoms with Crippen LogP contribution in [0.15, 0.2) is 25.0 Å². The Kier molecular flexibility index (Phi) is 7.05. The third kappa shape index (κ3) is 5.48. The number of carbonyl (C=O) groups is 2. The molecule has 2 amide bonds. The van der Waals surface area contributed by atoms with Gasteiger partial charge in [-0.15, -0.1) is 0 Å². The summed E-state index contributed by atoms with van der Waals surface area (Å²) >= 11 is 3.38. The maximum atomic E-state index is 12.3. The van der Waals surface area contributed by atoms with Gasteiger partial charge in [-0.25, -0.2) is 0 Å². The number of imide groups is 1. The van der Waals surface area contributed by atoms with E-state index in [1.165, 1.54) is 11.2 Å². The number of hydrogen-bond donors (Lipinski definition) is 0. The fourth-order valence-corrected chi connectivity index (χ4v) is 2.92. The number of rotatable bonds is 4. The highest BCUT2D eigenvalue weighted by Gasteiger charge is 2.51. The van der Waals surface area contributed by atoms with Gasteiger partial charge in [0.25, 0.3) is 0 Å². The second-order valence-electron chi connectivity index (χ2n) is 7.09. The molecule has 1 saturated heterocycles. The minimum absolute atomic E-state index is 0.0543. The van der Waals surface area contributed by atoms with E-state index in [2.05, 4.69) is 43.3 Å². The lowest BCUT2D eigenvalue weighted by Crippen LogP contribution is -2.34. The average Bonchev–Trinajstić information content (AvgIpc) is 2.67. The van der Waals surface area contributed by atoms with Gasteiger partial charge < -0.3 is 4.74 Å². The van der Waals surface area contributed by atoms with Crippen molar-refractivity contribution in [2.75, 3.05) is 13.2 Å². The molecule has 1 heterocycles. The predicted octanol–water partition coefficient (Wildman–Crippen LogP) is 3.77. The van der Waals surface area contributed by atoms with Gasteiger partial charge in [0.1, 0.15) is 6.61 Å². The molecule has 2 rings (SSSR count). The highest BCUT2D eigenvalue weighted by Crippen LogP contribution is 2.41. The second kappa shape index (κ2) is 8.13.